The van der Waals surface area contributed by atoms with Gasteiger partial charge in [0.25, 0.3) is 11.8 Å². The second-order valence-electron chi connectivity index (χ2n) is 7.51. The van der Waals surface area contributed by atoms with Crippen molar-refractivity contribution >= 4 is 29.8 Å². The number of rotatable bonds is 3. The topological polar surface area (TPSA) is 82.9 Å². The Hall–Kier alpha value is -2.57. The van der Waals surface area contributed by atoms with Crippen molar-refractivity contribution in [2.45, 2.75) is 57.4 Å². The number of imide groups is 2. The minimum absolute atomic E-state index is 0.0419. The molecule has 0 spiro atoms. The number of piperidine rings is 1. The summed E-state index contributed by atoms with van der Waals surface area (Å²) >= 11 is 0. The van der Waals surface area contributed by atoms with E-state index in [1.165, 1.54) is 17.4 Å². The zero-order valence-electron chi connectivity index (χ0n) is 15.4. The van der Waals surface area contributed by atoms with E-state index in [4.69, 9.17) is 4.42 Å². The molecule has 0 atom stereocenters. The molecular weight excluding hydrogens is 346 g/mol. The lowest BCUT2D eigenvalue weighted by atomic mass is 9.93. The molecule has 0 aromatic carbocycles. The van der Waals surface area contributed by atoms with Crippen LogP contribution in [0.15, 0.2) is 22.1 Å². The summed E-state index contributed by atoms with van der Waals surface area (Å²) in [4.78, 5) is 40.8. The molecule has 7 nitrogen and oxygen atoms in total. The monoisotopic (exact) mass is 371 g/mol. The van der Waals surface area contributed by atoms with Crippen LogP contribution >= 0.6 is 0 Å². The second kappa shape index (κ2) is 7.58. The van der Waals surface area contributed by atoms with Gasteiger partial charge in [0, 0.05) is 25.2 Å². The van der Waals surface area contributed by atoms with E-state index in [0.717, 1.165) is 63.9 Å². The molecule has 1 aliphatic carbocycles. The summed E-state index contributed by atoms with van der Waals surface area (Å²) in [6.07, 6.45) is 9.64. The van der Waals surface area contributed by atoms with Crippen molar-refractivity contribution in [1.82, 2.24) is 10.2 Å². The number of anilines is 1. The first-order chi connectivity index (χ1) is 13.1. The number of nitrogens with one attached hydrogen (secondary N) is 1. The van der Waals surface area contributed by atoms with E-state index < -0.39 is 17.8 Å². The molecule has 0 radical (unpaired) electrons. The molecule has 3 aliphatic rings. The van der Waals surface area contributed by atoms with Crippen LogP contribution < -0.4 is 10.2 Å². The zero-order valence-corrected chi connectivity index (χ0v) is 15.4. The molecule has 1 aromatic rings. The summed E-state index contributed by atoms with van der Waals surface area (Å²) in [6, 6.07) is 2.89. The first kappa shape index (κ1) is 17.8. The highest BCUT2D eigenvalue weighted by molar-refractivity contribution is 6.31. The van der Waals surface area contributed by atoms with Crippen LogP contribution in [0.5, 0.6) is 0 Å². The van der Waals surface area contributed by atoms with Crippen LogP contribution in [0.2, 0.25) is 0 Å². The van der Waals surface area contributed by atoms with Crippen LogP contribution in [0.4, 0.5) is 10.7 Å². The van der Waals surface area contributed by atoms with Gasteiger partial charge in [0.2, 0.25) is 0 Å². The molecule has 144 valence electrons. The van der Waals surface area contributed by atoms with Gasteiger partial charge in [0.15, 0.2) is 5.88 Å². The van der Waals surface area contributed by atoms with Crippen molar-refractivity contribution in [2.24, 2.45) is 0 Å². The van der Waals surface area contributed by atoms with Crippen LogP contribution in [0.3, 0.4) is 0 Å². The quantitative estimate of drug-likeness (QED) is 0.652. The number of furan rings is 1. The molecule has 1 saturated carbocycles. The average Bonchev–Trinajstić information content (AvgIpc) is 3.15. The van der Waals surface area contributed by atoms with Gasteiger partial charge in [-0.3, -0.25) is 19.8 Å². The van der Waals surface area contributed by atoms with E-state index in [2.05, 4.69) is 10.2 Å². The SMILES string of the molecule is O=C1NC(=O)N(C2CCCCC2)C(=O)C1=Cc1ccc(N2CCCCC2)o1. The fourth-order valence-corrected chi connectivity index (χ4v) is 4.19. The maximum atomic E-state index is 12.9. The Bertz CT molecular complexity index is 770. The molecule has 4 amide bonds. The number of amides is 4. The Morgan fingerprint density at radius 2 is 1.67 bits per heavy atom. The zero-order chi connectivity index (χ0) is 18.8. The highest BCUT2D eigenvalue weighted by atomic mass is 16.4. The van der Waals surface area contributed by atoms with Crippen LogP contribution in [0.25, 0.3) is 6.08 Å². The number of carbonyl (C=O) groups excluding carboxylic acids is 3. The Kier molecular flexibility index (Phi) is 5.01. The van der Waals surface area contributed by atoms with Crippen molar-refractivity contribution in [3.8, 4) is 0 Å². The summed E-state index contributed by atoms with van der Waals surface area (Å²) in [7, 11) is 0. The molecule has 3 heterocycles. The Morgan fingerprint density at radius 1 is 0.963 bits per heavy atom. The summed E-state index contributed by atoms with van der Waals surface area (Å²) < 4.78 is 5.84. The van der Waals surface area contributed by atoms with E-state index in [1.54, 1.807) is 6.07 Å². The third-order valence-corrected chi connectivity index (χ3v) is 5.64. The largest absolute Gasteiger partial charge is 0.441 e. The summed E-state index contributed by atoms with van der Waals surface area (Å²) in [6.45, 7) is 1.90. The molecule has 4 rings (SSSR count). The molecule has 2 saturated heterocycles. The van der Waals surface area contributed by atoms with Crippen molar-refractivity contribution in [1.29, 1.82) is 0 Å². The number of hydrogen-bond donors (Lipinski definition) is 1. The number of hydrogen-bond acceptors (Lipinski definition) is 5. The number of carbonyl (C=O) groups is 3. The number of barbiturate groups is 1. The number of nitrogens with zero attached hydrogens (tertiary/aromatic N) is 2. The molecule has 7 heteroatoms. The fraction of sp³-hybridized carbons (Fsp3) is 0.550. The summed E-state index contributed by atoms with van der Waals surface area (Å²) in [5, 5.41) is 2.30. The van der Waals surface area contributed by atoms with Crippen molar-refractivity contribution in [3.05, 3.63) is 23.5 Å². The van der Waals surface area contributed by atoms with E-state index in [1.807, 2.05) is 6.07 Å². The molecule has 1 N–H and O–H groups in total. The minimum atomic E-state index is -0.659. The van der Waals surface area contributed by atoms with Gasteiger partial charge in [-0.25, -0.2) is 4.79 Å². The molecule has 0 unspecified atom stereocenters. The van der Waals surface area contributed by atoms with Gasteiger partial charge < -0.3 is 9.32 Å². The van der Waals surface area contributed by atoms with Crippen LogP contribution in [0, 0.1) is 0 Å². The lowest BCUT2D eigenvalue weighted by Crippen LogP contribution is -2.58. The van der Waals surface area contributed by atoms with Crippen LogP contribution in [-0.4, -0.2) is 41.9 Å². The van der Waals surface area contributed by atoms with Gasteiger partial charge in [-0.1, -0.05) is 19.3 Å². The third-order valence-electron chi connectivity index (χ3n) is 5.64. The summed E-state index contributed by atoms with van der Waals surface area (Å²) in [5.74, 6) is 0.0250. The molecular formula is C20H25N3O4. The average molecular weight is 371 g/mol. The van der Waals surface area contributed by atoms with Gasteiger partial charge in [-0.2, -0.15) is 0 Å². The smallest absolute Gasteiger partial charge is 0.331 e. The maximum Gasteiger partial charge on any atom is 0.331 e. The molecule has 27 heavy (non-hydrogen) atoms. The van der Waals surface area contributed by atoms with Gasteiger partial charge in [0.05, 0.1) is 0 Å². The standard InChI is InChI=1S/C20H25N3O4/c24-18-16(13-15-9-10-17(27-15)22-11-5-2-6-12-22)19(25)23(20(26)21-18)14-7-3-1-4-8-14/h9-10,13-14H,1-8,11-12H2,(H,21,24,26). The normalized spacial score (nSPS) is 23.9. The molecule has 0 bridgehead atoms. The highest BCUT2D eigenvalue weighted by Gasteiger charge is 2.40. The van der Waals surface area contributed by atoms with Crippen LogP contribution in [-0.2, 0) is 9.59 Å². The van der Waals surface area contributed by atoms with E-state index in [0.29, 0.717) is 5.76 Å². The Labute approximate surface area is 158 Å². The van der Waals surface area contributed by atoms with Crippen LogP contribution in [0.1, 0.15) is 57.1 Å². The Balaban J connectivity index is 1.55. The molecule has 2 aliphatic heterocycles. The fourth-order valence-electron chi connectivity index (χ4n) is 4.19. The molecule has 3 fully saturated rings. The first-order valence-electron chi connectivity index (χ1n) is 9.89. The van der Waals surface area contributed by atoms with Gasteiger partial charge in [0.1, 0.15) is 11.3 Å². The van der Waals surface area contributed by atoms with E-state index in [9.17, 15) is 14.4 Å². The first-order valence-corrected chi connectivity index (χ1v) is 9.89. The molecule has 1 aromatic heterocycles. The minimum Gasteiger partial charge on any atom is -0.441 e. The maximum absolute atomic E-state index is 12.9. The second-order valence-corrected chi connectivity index (χ2v) is 7.51. The predicted octanol–water partition coefficient (Wildman–Crippen LogP) is 3.06. The number of urea groups is 1. The third kappa shape index (κ3) is 3.63. The van der Waals surface area contributed by atoms with Crippen molar-refractivity contribution < 1.29 is 18.8 Å². The highest BCUT2D eigenvalue weighted by Crippen LogP contribution is 2.28. The lowest BCUT2D eigenvalue weighted by Gasteiger charge is -2.35. The van der Waals surface area contributed by atoms with Crippen molar-refractivity contribution in [2.75, 3.05) is 18.0 Å². The predicted molar refractivity (Wildman–Crippen MR) is 100 cm³/mol. The van der Waals surface area contributed by atoms with Gasteiger partial charge in [-0.05, 0) is 44.2 Å². The van der Waals surface area contributed by atoms with Crippen molar-refractivity contribution in [3.63, 3.8) is 0 Å². The Morgan fingerprint density at radius 3 is 2.41 bits per heavy atom. The van der Waals surface area contributed by atoms with Gasteiger partial charge in [-0.15, -0.1) is 0 Å². The van der Waals surface area contributed by atoms with E-state index in [-0.39, 0.29) is 11.6 Å². The van der Waals surface area contributed by atoms with Gasteiger partial charge >= 0.3 is 6.03 Å². The summed E-state index contributed by atoms with van der Waals surface area (Å²) in [5.41, 5.74) is -0.0419. The lowest BCUT2D eigenvalue weighted by molar-refractivity contribution is -0.132. The van der Waals surface area contributed by atoms with E-state index >= 15 is 0 Å².